The Balaban J connectivity index is 1.30. The molecule has 0 radical (unpaired) electrons. The average Bonchev–Trinajstić information content (AvgIpc) is 3.24. The van der Waals surface area contributed by atoms with Crippen LogP contribution < -0.4 is 4.74 Å². The number of aliphatic hydroxyl groups excluding tert-OH is 1. The Morgan fingerprint density at radius 1 is 1.15 bits per heavy atom. The van der Waals surface area contributed by atoms with Crippen LogP contribution in [0.25, 0.3) is 11.1 Å². The number of aromatic nitrogens is 1. The Morgan fingerprint density at radius 3 is 2.47 bits per heavy atom. The molecular weight excluding hydrogens is 440 g/mol. The van der Waals surface area contributed by atoms with Crippen molar-refractivity contribution in [3.63, 3.8) is 0 Å². The molecule has 0 aliphatic carbocycles. The van der Waals surface area contributed by atoms with E-state index in [2.05, 4.69) is 9.88 Å². The Labute approximate surface area is 199 Å². The summed E-state index contributed by atoms with van der Waals surface area (Å²) < 4.78 is 34.4. The van der Waals surface area contributed by atoms with Crippen molar-refractivity contribution in [1.82, 2.24) is 14.8 Å². The van der Waals surface area contributed by atoms with E-state index in [1.165, 1.54) is 17.0 Å². The number of halogens is 2. The van der Waals surface area contributed by atoms with Gasteiger partial charge in [-0.1, -0.05) is 6.07 Å². The summed E-state index contributed by atoms with van der Waals surface area (Å²) in [4.78, 5) is 20.5. The maximum atomic E-state index is 14.7. The molecule has 1 aromatic heterocycles. The number of aliphatic hydroxyl groups is 1. The van der Waals surface area contributed by atoms with Crippen molar-refractivity contribution in [2.24, 2.45) is 5.92 Å². The standard InChI is InChI=1S/C26H33F2N3O3/c1-26(2,28)17-30-10-7-18(8-11-30)16-34-24-6-4-20(14-29-24)19-3-5-22(23(27)13-19)25(33)31-12-9-21(32)15-31/h3-6,13-14,18,21,32H,7-12,15-17H2,1-2H3/t21-/m0/s1. The average molecular weight is 474 g/mol. The number of β-amino-alcohol motifs (C(OH)–C–C–N with tert-alkyl or cyclic N) is 1. The first-order valence-electron chi connectivity index (χ1n) is 12.0. The second kappa shape index (κ2) is 10.4. The summed E-state index contributed by atoms with van der Waals surface area (Å²) in [5, 5.41) is 9.62. The molecule has 1 atom stereocenters. The van der Waals surface area contributed by atoms with Crippen molar-refractivity contribution in [3.8, 4) is 17.0 Å². The molecule has 4 rings (SSSR count). The third-order valence-corrected chi connectivity index (χ3v) is 6.49. The van der Waals surface area contributed by atoms with Crippen molar-refractivity contribution >= 4 is 5.91 Å². The highest BCUT2D eigenvalue weighted by atomic mass is 19.1. The van der Waals surface area contributed by atoms with Gasteiger partial charge in [-0.3, -0.25) is 4.79 Å². The minimum Gasteiger partial charge on any atom is -0.477 e. The SMILES string of the molecule is CC(C)(F)CN1CCC(COc2ccc(-c3ccc(C(=O)N4CC[C@H](O)C4)c(F)c3)cn2)CC1. The van der Waals surface area contributed by atoms with Crippen molar-refractivity contribution < 1.29 is 23.4 Å². The number of carbonyl (C=O) groups is 1. The number of ether oxygens (including phenoxy) is 1. The minimum atomic E-state index is -1.18. The molecule has 2 saturated heterocycles. The molecule has 1 amide bonds. The van der Waals surface area contributed by atoms with E-state index in [1.807, 2.05) is 6.07 Å². The molecule has 2 aliphatic rings. The van der Waals surface area contributed by atoms with Crippen LogP contribution in [-0.2, 0) is 0 Å². The van der Waals surface area contributed by atoms with Crippen molar-refractivity contribution in [2.45, 2.75) is 44.9 Å². The highest BCUT2D eigenvalue weighted by Gasteiger charge is 2.27. The number of rotatable bonds is 7. The molecule has 1 aromatic carbocycles. The summed E-state index contributed by atoms with van der Waals surface area (Å²) in [7, 11) is 0. The number of alkyl halides is 1. The van der Waals surface area contributed by atoms with Crippen LogP contribution in [0.4, 0.5) is 8.78 Å². The van der Waals surface area contributed by atoms with Gasteiger partial charge in [-0.15, -0.1) is 0 Å². The van der Waals surface area contributed by atoms with Crippen LogP contribution in [0, 0.1) is 11.7 Å². The quantitative estimate of drug-likeness (QED) is 0.660. The van der Waals surface area contributed by atoms with Crippen molar-refractivity contribution in [3.05, 3.63) is 47.9 Å². The fourth-order valence-electron chi connectivity index (χ4n) is 4.65. The third kappa shape index (κ3) is 6.30. The maximum absolute atomic E-state index is 14.7. The van der Waals surface area contributed by atoms with Gasteiger partial charge in [-0.05, 0) is 75.9 Å². The van der Waals surface area contributed by atoms with Crippen LogP contribution in [0.1, 0.15) is 43.5 Å². The summed E-state index contributed by atoms with van der Waals surface area (Å²) in [6.45, 7) is 6.66. The number of hydrogen-bond acceptors (Lipinski definition) is 5. The first-order chi connectivity index (χ1) is 16.2. The number of amides is 1. The highest BCUT2D eigenvalue weighted by Crippen LogP contribution is 2.25. The van der Waals surface area contributed by atoms with E-state index in [0.29, 0.717) is 43.5 Å². The Kier molecular flexibility index (Phi) is 7.48. The van der Waals surface area contributed by atoms with Crippen molar-refractivity contribution in [2.75, 3.05) is 39.3 Å². The van der Waals surface area contributed by atoms with Gasteiger partial charge in [0.15, 0.2) is 0 Å². The van der Waals surface area contributed by atoms with Crippen LogP contribution in [-0.4, -0.2) is 76.9 Å². The molecule has 8 heteroatoms. The first kappa shape index (κ1) is 24.5. The summed E-state index contributed by atoms with van der Waals surface area (Å²) in [5.74, 6) is -0.0688. The number of hydrogen-bond donors (Lipinski definition) is 1. The summed E-state index contributed by atoms with van der Waals surface area (Å²) in [5.41, 5.74) is 0.180. The van der Waals surface area contributed by atoms with E-state index in [1.54, 1.807) is 32.2 Å². The fraction of sp³-hybridized carbons (Fsp3) is 0.538. The second-order valence-electron chi connectivity index (χ2n) is 10.0. The van der Waals surface area contributed by atoms with Crippen LogP contribution in [0.15, 0.2) is 36.5 Å². The first-order valence-corrected chi connectivity index (χ1v) is 12.0. The Morgan fingerprint density at radius 2 is 1.88 bits per heavy atom. The van der Waals surface area contributed by atoms with E-state index in [9.17, 15) is 18.7 Å². The smallest absolute Gasteiger partial charge is 0.256 e. The molecular formula is C26H33F2N3O3. The molecule has 0 bridgehead atoms. The maximum Gasteiger partial charge on any atom is 0.256 e. The summed E-state index contributed by atoms with van der Waals surface area (Å²) in [6.07, 6.45) is 3.54. The van der Waals surface area contributed by atoms with Gasteiger partial charge >= 0.3 is 0 Å². The molecule has 34 heavy (non-hydrogen) atoms. The normalized spacial score (nSPS) is 20.0. The zero-order chi connectivity index (χ0) is 24.3. The predicted octanol–water partition coefficient (Wildman–Crippen LogP) is 3.93. The lowest BCUT2D eigenvalue weighted by atomic mass is 9.97. The van der Waals surface area contributed by atoms with Crippen molar-refractivity contribution in [1.29, 1.82) is 0 Å². The van der Waals surface area contributed by atoms with Crippen LogP contribution in [0.2, 0.25) is 0 Å². The zero-order valence-corrected chi connectivity index (χ0v) is 19.8. The van der Waals surface area contributed by atoms with Gasteiger partial charge in [-0.25, -0.2) is 13.8 Å². The van der Waals surface area contributed by atoms with E-state index in [0.717, 1.165) is 31.5 Å². The van der Waals surface area contributed by atoms with Gasteiger partial charge in [0.25, 0.3) is 5.91 Å². The highest BCUT2D eigenvalue weighted by molar-refractivity contribution is 5.95. The largest absolute Gasteiger partial charge is 0.477 e. The van der Waals surface area contributed by atoms with Gasteiger partial charge < -0.3 is 19.6 Å². The van der Waals surface area contributed by atoms with Gasteiger partial charge in [0.1, 0.15) is 11.5 Å². The van der Waals surface area contributed by atoms with E-state index in [-0.39, 0.29) is 12.1 Å². The lowest BCUT2D eigenvalue weighted by Gasteiger charge is -2.34. The minimum absolute atomic E-state index is 0.00638. The topological polar surface area (TPSA) is 65.9 Å². The number of piperidine rings is 1. The molecule has 6 nitrogen and oxygen atoms in total. The molecule has 184 valence electrons. The molecule has 2 fully saturated rings. The molecule has 2 aromatic rings. The monoisotopic (exact) mass is 473 g/mol. The van der Waals surface area contributed by atoms with Gasteiger partial charge in [0.05, 0.1) is 18.3 Å². The molecule has 2 aliphatic heterocycles. The second-order valence-corrected chi connectivity index (χ2v) is 10.0. The fourth-order valence-corrected chi connectivity index (χ4v) is 4.65. The van der Waals surface area contributed by atoms with Crippen LogP contribution in [0.3, 0.4) is 0 Å². The number of likely N-dealkylation sites (tertiary alicyclic amines) is 2. The number of nitrogens with zero attached hydrogens (tertiary/aromatic N) is 3. The molecule has 3 heterocycles. The van der Waals surface area contributed by atoms with E-state index >= 15 is 0 Å². The van der Waals surface area contributed by atoms with Gasteiger partial charge in [0.2, 0.25) is 5.88 Å². The van der Waals surface area contributed by atoms with E-state index in [4.69, 9.17) is 4.74 Å². The Bertz CT molecular complexity index is 986. The molecule has 1 N–H and O–H groups in total. The summed E-state index contributed by atoms with van der Waals surface area (Å²) >= 11 is 0. The van der Waals surface area contributed by atoms with Crippen LogP contribution >= 0.6 is 0 Å². The third-order valence-electron chi connectivity index (χ3n) is 6.49. The van der Waals surface area contributed by atoms with Crippen LogP contribution in [0.5, 0.6) is 5.88 Å². The molecule has 0 unspecified atom stereocenters. The molecule has 0 saturated carbocycles. The van der Waals surface area contributed by atoms with Gasteiger partial charge in [0, 0.05) is 37.5 Å². The lowest BCUT2D eigenvalue weighted by molar-refractivity contribution is 0.0760. The molecule has 0 spiro atoms. The van der Waals surface area contributed by atoms with E-state index < -0.39 is 23.5 Å². The Hall–Kier alpha value is -2.58. The predicted molar refractivity (Wildman–Crippen MR) is 126 cm³/mol. The zero-order valence-electron chi connectivity index (χ0n) is 19.8. The summed E-state index contributed by atoms with van der Waals surface area (Å²) in [6, 6.07) is 8.11. The van der Waals surface area contributed by atoms with Gasteiger partial charge in [-0.2, -0.15) is 0 Å². The number of pyridine rings is 1. The number of benzene rings is 1. The number of carbonyl (C=O) groups excluding carboxylic acids is 1. The lowest BCUT2D eigenvalue weighted by Crippen LogP contribution is -2.41.